The van der Waals surface area contributed by atoms with Gasteiger partial charge < -0.3 is 0 Å². The minimum absolute atomic E-state index is 0.168. The second-order valence-corrected chi connectivity index (χ2v) is 6.09. The maximum Gasteiger partial charge on any atom is 0.257 e. The van der Waals surface area contributed by atoms with Crippen LogP contribution in [0.25, 0.3) is 11.3 Å². The first kappa shape index (κ1) is 15.9. The Morgan fingerprint density at radius 2 is 1.88 bits per heavy atom. The molecule has 0 saturated carbocycles. The summed E-state index contributed by atoms with van der Waals surface area (Å²) in [5, 5.41) is 14.1. The van der Waals surface area contributed by atoms with Crippen LogP contribution in [0.4, 0.5) is 5.13 Å². The lowest BCUT2D eigenvalue weighted by Gasteiger charge is -2.03. The van der Waals surface area contributed by atoms with Gasteiger partial charge >= 0.3 is 0 Å². The molecule has 24 heavy (non-hydrogen) atoms. The second kappa shape index (κ2) is 7.07. The molecule has 0 spiro atoms. The summed E-state index contributed by atoms with van der Waals surface area (Å²) >= 11 is 1.38. The van der Waals surface area contributed by atoms with E-state index >= 15 is 0 Å². The summed E-state index contributed by atoms with van der Waals surface area (Å²) in [4.78, 5) is 16.7. The lowest BCUT2D eigenvalue weighted by atomic mass is 10.1. The third-order valence-corrected chi connectivity index (χ3v) is 4.42. The summed E-state index contributed by atoms with van der Waals surface area (Å²) in [6.45, 7) is 2.08. The molecule has 5 heteroatoms. The molecule has 0 aliphatic carbocycles. The molecule has 2 aromatic carbocycles. The summed E-state index contributed by atoms with van der Waals surface area (Å²) in [7, 11) is 0. The molecular formula is C19H15N3OS. The van der Waals surface area contributed by atoms with E-state index in [1.165, 1.54) is 16.9 Å². The molecule has 0 atom stereocenters. The molecule has 0 fully saturated rings. The Balaban J connectivity index is 1.73. The van der Waals surface area contributed by atoms with E-state index in [4.69, 9.17) is 5.26 Å². The van der Waals surface area contributed by atoms with E-state index in [1.54, 1.807) is 12.1 Å². The number of hydrogen-bond acceptors (Lipinski definition) is 4. The van der Waals surface area contributed by atoms with E-state index in [2.05, 4.69) is 23.3 Å². The number of nitriles is 1. The molecule has 1 aromatic heterocycles. The van der Waals surface area contributed by atoms with Crippen LogP contribution >= 0.6 is 11.3 Å². The number of thiazole rings is 1. The lowest BCUT2D eigenvalue weighted by Crippen LogP contribution is -2.11. The number of nitrogens with one attached hydrogen (secondary N) is 1. The normalized spacial score (nSPS) is 10.2. The topological polar surface area (TPSA) is 65.8 Å². The number of anilines is 1. The van der Waals surface area contributed by atoms with Gasteiger partial charge in [0, 0.05) is 16.5 Å². The highest BCUT2D eigenvalue weighted by atomic mass is 32.1. The first-order valence-electron chi connectivity index (χ1n) is 7.56. The number of aromatic nitrogens is 1. The Morgan fingerprint density at radius 1 is 1.17 bits per heavy atom. The molecular weight excluding hydrogens is 318 g/mol. The van der Waals surface area contributed by atoms with E-state index in [0.29, 0.717) is 16.3 Å². The van der Waals surface area contributed by atoms with Crippen molar-refractivity contribution in [3.05, 3.63) is 70.6 Å². The Labute approximate surface area is 144 Å². The molecule has 0 aliphatic heterocycles. The summed E-state index contributed by atoms with van der Waals surface area (Å²) < 4.78 is 0. The van der Waals surface area contributed by atoms with Crippen LogP contribution in [0.5, 0.6) is 0 Å². The van der Waals surface area contributed by atoms with E-state index in [9.17, 15) is 4.79 Å². The number of hydrogen-bond donors (Lipinski definition) is 1. The number of nitrogens with zero attached hydrogens (tertiary/aromatic N) is 2. The van der Waals surface area contributed by atoms with Crippen molar-refractivity contribution in [3.63, 3.8) is 0 Å². The van der Waals surface area contributed by atoms with Crippen LogP contribution < -0.4 is 5.32 Å². The Hall–Kier alpha value is -2.97. The molecule has 118 valence electrons. The van der Waals surface area contributed by atoms with Crippen molar-refractivity contribution in [2.45, 2.75) is 13.3 Å². The van der Waals surface area contributed by atoms with Crippen molar-refractivity contribution >= 4 is 22.4 Å². The number of rotatable bonds is 4. The number of aryl methyl sites for hydroxylation is 1. The molecule has 0 bridgehead atoms. The summed E-state index contributed by atoms with van der Waals surface area (Å²) in [6.07, 6.45) is 0.947. The fraction of sp³-hybridized carbons (Fsp3) is 0.105. The number of benzene rings is 2. The smallest absolute Gasteiger partial charge is 0.257 e. The highest BCUT2D eigenvalue weighted by Crippen LogP contribution is 2.25. The van der Waals surface area contributed by atoms with Crippen LogP contribution in [-0.4, -0.2) is 10.9 Å². The number of carbonyl (C=O) groups excluding carboxylic acids is 1. The van der Waals surface area contributed by atoms with Crippen molar-refractivity contribution in [1.82, 2.24) is 4.98 Å². The molecule has 3 aromatic rings. The fourth-order valence-electron chi connectivity index (χ4n) is 2.24. The van der Waals surface area contributed by atoms with Gasteiger partial charge in [0.05, 0.1) is 17.3 Å². The van der Waals surface area contributed by atoms with Gasteiger partial charge in [-0.3, -0.25) is 10.1 Å². The molecule has 0 radical (unpaired) electrons. The fourth-order valence-corrected chi connectivity index (χ4v) is 2.96. The Kier molecular flexibility index (Phi) is 4.69. The van der Waals surface area contributed by atoms with E-state index in [-0.39, 0.29) is 5.91 Å². The monoisotopic (exact) mass is 333 g/mol. The first-order chi connectivity index (χ1) is 11.7. The minimum Gasteiger partial charge on any atom is -0.298 e. The zero-order chi connectivity index (χ0) is 16.9. The van der Waals surface area contributed by atoms with Crippen LogP contribution in [-0.2, 0) is 6.42 Å². The van der Waals surface area contributed by atoms with Crippen molar-refractivity contribution in [2.75, 3.05) is 5.32 Å². The second-order valence-electron chi connectivity index (χ2n) is 5.23. The van der Waals surface area contributed by atoms with Crippen LogP contribution in [0.3, 0.4) is 0 Å². The molecule has 0 aliphatic rings. The lowest BCUT2D eigenvalue weighted by molar-refractivity contribution is 0.102. The zero-order valence-corrected chi connectivity index (χ0v) is 13.9. The molecule has 1 amide bonds. The van der Waals surface area contributed by atoms with Crippen molar-refractivity contribution < 1.29 is 4.79 Å². The summed E-state index contributed by atoms with van der Waals surface area (Å²) in [6, 6.07) is 16.9. The van der Waals surface area contributed by atoms with Crippen molar-refractivity contribution in [1.29, 1.82) is 5.26 Å². The molecule has 3 rings (SSSR count). The van der Waals surface area contributed by atoms with Crippen LogP contribution in [0.2, 0.25) is 0 Å². The zero-order valence-electron chi connectivity index (χ0n) is 13.1. The highest BCUT2D eigenvalue weighted by Gasteiger charge is 2.10. The third kappa shape index (κ3) is 3.50. The molecule has 4 nitrogen and oxygen atoms in total. The predicted molar refractivity (Wildman–Crippen MR) is 96.0 cm³/mol. The maximum atomic E-state index is 12.3. The summed E-state index contributed by atoms with van der Waals surface area (Å²) in [5.74, 6) is -0.168. The highest BCUT2D eigenvalue weighted by molar-refractivity contribution is 7.14. The van der Waals surface area contributed by atoms with Crippen LogP contribution in [0, 0.1) is 11.3 Å². The van der Waals surface area contributed by atoms with Gasteiger partial charge in [-0.25, -0.2) is 4.98 Å². The largest absolute Gasteiger partial charge is 0.298 e. The summed E-state index contributed by atoms with van der Waals surface area (Å²) in [5.41, 5.74) is 4.11. The van der Waals surface area contributed by atoms with Gasteiger partial charge in [-0.2, -0.15) is 5.26 Å². The number of carbonyl (C=O) groups is 1. The van der Waals surface area contributed by atoms with Gasteiger partial charge in [-0.15, -0.1) is 11.3 Å². The molecule has 1 heterocycles. The van der Waals surface area contributed by atoms with Crippen molar-refractivity contribution in [3.8, 4) is 17.3 Å². The van der Waals surface area contributed by atoms with Gasteiger partial charge in [0.15, 0.2) is 5.13 Å². The van der Waals surface area contributed by atoms with E-state index < -0.39 is 0 Å². The van der Waals surface area contributed by atoms with Gasteiger partial charge in [0.25, 0.3) is 5.91 Å². The standard InChI is InChI=1S/C19H15N3OS/c1-2-13-3-9-16(10-4-13)18(23)22-19-21-17(12-24-19)15-7-5-14(11-20)6-8-15/h3-10,12H,2H2,1H3,(H,21,22,23). The average molecular weight is 333 g/mol. The minimum atomic E-state index is -0.168. The van der Waals surface area contributed by atoms with E-state index in [1.807, 2.05) is 41.8 Å². The van der Waals surface area contributed by atoms with E-state index in [0.717, 1.165) is 17.7 Å². The first-order valence-corrected chi connectivity index (χ1v) is 8.44. The molecule has 1 N–H and O–H groups in total. The molecule has 0 unspecified atom stereocenters. The van der Waals surface area contributed by atoms with Gasteiger partial charge in [0.1, 0.15) is 0 Å². The average Bonchev–Trinajstić information content (AvgIpc) is 3.10. The Bertz CT molecular complexity index is 890. The third-order valence-electron chi connectivity index (χ3n) is 3.66. The quantitative estimate of drug-likeness (QED) is 0.764. The number of amides is 1. The maximum absolute atomic E-state index is 12.3. The van der Waals surface area contributed by atoms with Gasteiger partial charge in [-0.05, 0) is 36.2 Å². The van der Waals surface area contributed by atoms with Crippen LogP contribution in [0.15, 0.2) is 53.9 Å². The molecule has 0 saturated heterocycles. The van der Waals surface area contributed by atoms with Crippen LogP contribution in [0.1, 0.15) is 28.4 Å². The van der Waals surface area contributed by atoms with Gasteiger partial charge in [0.2, 0.25) is 0 Å². The van der Waals surface area contributed by atoms with Crippen molar-refractivity contribution in [2.24, 2.45) is 0 Å². The predicted octanol–water partition coefficient (Wildman–Crippen LogP) is 4.50. The Morgan fingerprint density at radius 3 is 2.50 bits per heavy atom. The SMILES string of the molecule is CCc1ccc(C(=O)Nc2nc(-c3ccc(C#N)cc3)cs2)cc1. The van der Waals surface area contributed by atoms with Gasteiger partial charge in [-0.1, -0.05) is 31.2 Å².